The highest BCUT2D eigenvalue weighted by molar-refractivity contribution is 5.94. The van der Waals surface area contributed by atoms with Crippen LogP contribution in [0, 0.1) is 6.92 Å². The summed E-state index contributed by atoms with van der Waals surface area (Å²) in [6, 6.07) is 15.8. The van der Waals surface area contributed by atoms with Crippen molar-refractivity contribution < 1.29 is 4.79 Å². The first-order valence-corrected chi connectivity index (χ1v) is 7.25. The second-order valence-corrected chi connectivity index (χ2v) is 5.20. The van der Waals surface area contributed by atoms with Gasteiger partial charge in [0.2, 0.25) is 0 Å². The van der Waals surface area contributed by atoms with Crippen LogP contribution in [0.25, 0.3) is 0 Å². The maximum Gasteiger partial charge on any atom is 0.253 e. The second-order valence-electron chi connectivity index (χ2n) is 5.20. The quantitative estimate of drug-likeness (QED) is 0.907. The van der Waals surface area contributed by atoms with Crippen molar-refractivity contribution in [3.05, 3.63) is 65.2 Å². The number of hydrogen-bond donors (Lipinski definition) is 1. The molecule has 0 bridgehead atoms. The van der Waals surface area contributed by atoms with Gasteiger partial charge in [0.1, 0.15) is 0 Å². The third-order valence-electron chi connectivity index (χ3n) is 3.53. The molecule has 1 N–H and O–H groups in total. The number of hydrogen-bond acceptors (Lipinski definition) is 2. The van der Waals surface area contributed by atoms with E-state index in [0.29, 0.717) is 12.1 Å². The van der Waals surface area contributed by atoms with Gasteiger partial charge >= 0.3 is 0 Å². The van der Waals surface area contributed by atoms with Crippen LogP contribution in [0.3, 0.4) is 0 Å². The topological polar surface area (TPSA) is 32.3 Å². The Morgan fingerprint density at radius 1 is 1.10 bits per heavy atom. The molecule has 0 atom stereocenters. The van der Waals surface area contributed by atoms with E-state index < -0.39 is 0 Å². The van der Waals surface area contributed by atoms with Crippen LogP contribution in [0.2, 0.25) is 0 Å². The molecule has 0 aliphatic rings. The van der Waals surface area contributed by atoms with E-state index in [1.165, 1.54) is 11.1 Å². The van der Waals surface area contributed by atoms with E-state index in [1.807, 2.05) is 43.4 Å². The van der Waals surface area contributed by atoms with Crippen LogP contribution in [-0.2, 0) is 6.54 Å². The molecule has 0 radical (unpaired) electrons. The fraction of sp³-hybridized carbons (Fsp3) is 0.278. The van der Waals surface area contributed by atoms with Crippen LogP contribution >= 0.6 is 0 Å². The maximum absolute atomic E-state index is 12.4. The lowest BCUT2D eigenvalue weighted by molar-refractivity contribution is 0.0785. The Labute approximate surface area is 126 Å². The molecule has 21 heavy (non-hydrogen) atoms. The lowest BCUT2D eigenvalue weighted by Crippen LogP contribution is -2.26. The Bertz CT molecular complexity index is 605. The maximum atomic E-state index is 12.4. The summed E-state index contributed by atoms with van der Waals surface area (Å²) in [5.74, 6) is 0.0429. The van der Waals surface area contributed by atoms with E-state index in [1.54, 1.807) is 4.90 Å². The fourth-order valence-corrected chi connectivity index (χ4v) is 2.27. The first-order chi connectivity index (χ1) is 10.1. The molecule has 3 heteroatoms. The Balaban J connectivity index is 2.07. The largest absolute Gasteiger partial charge is 0.385 e. The predicted octanol–water partition coefficient (Wildman–Crippen LogP) is 3.70. The summed E-state index contributed by atoms with van der Waals surface area (Å²) in [6.07, 6.45) is 0. The number of rotatable bonds is 5. The van der Waals surface area contributed by atoms with Gasteiger partial charge in [-0.1, -0.05) is 24.3 Å². The predicted molar refractivity (Wildman–Crippen MR) is 87.6 cm³/mol. The monoisotopic (exact) mass is 282 g/mol. The Kier molecular flexibility index (Phi) is 4.99. The summed E-state index contributed by atoms with van der Waals surface area (Å²) in [7, 11) is 1.84. The summed E-state index contributed by atoms with van der Waals surface area (Å²) in [5, 5.41) is 3.23. The van der Waals surface area contributed by atoms with Crippen molar-refractivity contribution in [2.75, 3.05) is 18.9 Å². The van der Waals surface area contributed by atoms with Crippen LogP contribution in [0.5, 0.6) is 0 Å². The smallest absolute Gasteiger partial charge is 0.253 e. The zero-order valence-corrected chi connectivity index (χ0v) is 12.9. The number of amides is 1. The van der Waals surface area contributed by atoms with E-state index in [4.69, 9.17) is 0 Å². The van der Waals surface area contributed by atoms with Crippen LogP contribution in [0.15, 0.2) is 48.5 Å². The molecule has 0 unspecified atom stereocenters. The lowest BCUT2D eigenvalue weighted by atomic mass is 10.1. The molecule has 0 aliphatic heterocycles. The minimum absolute atomic E-state index is 0.0429. The van der Waals surface area contributed by atoms with Crippen molar-refractivity contribution in [1.29, 1.82) is 0 Å². The van der Waals surface area contributed by atoms with Gasteiger partial charge in [0.05, 0.1) is 0 Å². The van der Waals surface area contributed by atoms with E-state index in [2.05, 4.69) is 31.3 Å². The average molecular weight is 282 g/mol. The number of aryl methyl sites for hydroxylation is 1. The molecule has 0 aromatic heterocycles. The normalized spacial score (nSPS) is 10.2. The van der Waals surface area contributed by atoms with E-state index in [9.17, 15) is 4.79 Å². The van der Waals surface area contributed by atoms with Crippen LogP contribution in [0.1, 0.15) is 28.4 Å². The van der Waals surface area contributed by atoms with Gasteiger partial charge in [0, 0.05) is 31.4 Å². The molecule has 1 amide bonds. The summed E-state index contributed by atoms with van der Waals surface area (Å²) in [4.78, 5) is 14.2. The highest BCUT2D eigenvalue weighted by Crippen LogP contribution is 2.14. The Hall–Kier alpha value is -2.29. The Morgan fingerprint density at radius 3 is 2.38 bits per heavy atom. The molecule has 2 aromatic carbocycles. The summed E-state index contributed by atoms with van der Waals surface area (Å²) in [6.45, 7) is 5.62. The second kappa shape index (κ2) is 6.93. The van der Waals surface area contributed by atoms with Crippen LogP contribution in [-0.4, -0.2) is 24.4 Å². The molecule has 0 fully saturated rings. The molecule has 0 spiro atoms. The third-order valence-corrected chi connectivity index (χ3v) is 3.53. The molecular formula is C18H22N2O. The highest BCUT2D eigenvalue weighted by Gasteiger charge is 2.12. The summed E-state index contributed by atoms with van der Waals surface area (Å²) >= 11 is 0. The minimum atomic E-state index is 0.0429. The summed E-state index contributed by atoms with van der Waals surface area (Å²) in [5.41, 5.74) is 4.14. The minimum Gasteiger partial charge on any atom is -0.385 e. The van der Waals surface area contributed by atoms with Crippen molar-refractivity contribution in [3.63, 3.8) is 0 Å². The molecule has 0 saturated heterocycles. The number of nitrogens with one attached hydrogen (secondary N) is 1. The zero-order valence-electron chi connectivity index (χ0n) is 12.9. The number of carbonyl (C=O) groups is 1. The highest BCUT2D eigenvalue weighted by atomic mass is 16.2. The van der Waals surface area contributed by atoms with Crippen LogP contribution in [0.4, 0.5) is 5.69 Å². The fourth-order valence-electron chi connectivity index (χ4n) is 2.27. The molecule has 3 nitrogen and oxygen atoms in total. The third kappa shape index (κ3) is 3.85. The standard InChI is InChI=1S/C18H22N2O/c1-4-19-17-11-9-15(10-12-17)18(21)20(3)13-16-8-6-5-7-14(16)2/h5-12,19H,4,13H2,1-3H3. The number of carbonyl (C=O) groups excluding carboxylic acids is 1. The van der Waals surface area contributed by atoms with Crippen molar-refractivity contribution in [2.45, 2.75) is 20.4 Å². The van der Waals surface area contributed by atoms with Gasteiger partial charge in [-0.2, -0.15) is 0 Å². The van der Waals surface area contributed by atoms with Gasteiger partial charge in [-0.25, -0.2) is 0 Å². The Morgan fingerprint density at radius 2 is 1.76 bits per heavy atom. The number of benzene rings is 2. The van der Waals surface area contributed by atoms with Gasteiger partial charge in [-0.15, -0.1) is 0 Å². The van der Waals surface area contributed by atoms with Crippen molar-refractivity contribution in [2.24, 2.45) is 0 Å². The summed E-state index contributed by atoms with van der Waals surface area (Å²) < 4.78 is 0. The number of anilines is 1. The van der Waals surface area contributed by atoms with Crippen molar-refractivity contribution in [1.82, 2.24) is 4.90 Å². The van der Waals surface area contributed by atoms with E-state index in [-0.39, 0.29) is 5.91 Å². The van der Waals surface area contributed by atoms with E-state index in [0.717, 1.165) is 12.2 Å². The molecule has 2 aromatic rings. The molecule has 110 valence electrons. The lowest BCUT2D eigenvalue weighted by Gasteiger charge is -2.18. The van der Waals surface area contributed by atoms with Gasteiger partial charge < -0.3 is 10.2 Å². The first kappa shape index (κ1) is 15.1. The van der Waals surface area contributed by atoms with Gasteiger partial charge in [-0.05, 0) is 49.2 Å². The molecular weight excluding hydrogens is 260 g/mol. The van der Waals surface area contributed by atoms with Gasteiger partial charge in [0.25, 0.3) is 5.91 Å². The molecule has 0 heterocycles. The van der Waals surface area contributed by atoms with Crippen molar-refractivity contribution in [3.8, 4) is 0 Å². The number of nitrogens with zero attached hydrogens (tertiary/aromatic N) is 1. The zero-order chi connectivity index (χ0) is 15.2. The molecule has 0 saturated carbocycles. The van der Waals surface area contributed by atoms with Gasteiger partial charge in [-0.3, -0.25) is 4.79 Å². The van der Waals surface area contributed by atoms with E-state index >= 15 is 0 Å². The SMILES string of the molecule is CCNc1ccc(C(=O)N(C)Cc2ccccc2C)cc1. The molecule has 2 rings (SSSR count). The van der Waals surface area contributed by atoms with Crippen LogP contribution < -0.4 is 5.32 Å². The average Bonchev–Trinajstić information content (AvgIpc) is 2.50. The first-order valence-electron chi connectivity index (χ1n) is 7.25. The molecule has 0 aliphatic carbocycles. The van der Waals surface area contributed by atoms with Gasteiger partial charge in [0.15, 0.2) is 0 Å². The van der Waals surface area contributed by atoms with Crippen molar-refractivity contribution >= 4 is 11.6 Å².